The summed E-state index contributed by atoms with van der Waals surface area (Å²) in [5.74, 6) is 1.37. The molecule has 1 N–H and O–H groups in total. The molecule has 1 aromatic carbocycles. The van der Waals surface area contributed by atoms with Gasteiger partial charge in [0.15, 0.2) is 11.5 Å². The number of hydrogen-bond donors (Lipinski definition) is 1. The molecule has 7 nitrogen and oxygen atoms in total. The second kappa shape index (κ2) is 6.98. The van der Waals surface area contributed by atoms with Crippen LogP contribution in [-0.4, -0.2) is 53.8 Å². The van der Waals surface area contributed by atoms with Gasteiger partial charge in [-0.05, 0) is 24.3 Å². The second-order valence-corrected chi connectivity index (χ2v) is 6.08. The van der Waals surface area contributed by atoms with Crippen LogP contribution in [0.4, 0.5) is 10.5 Å². The monoisotopic (exact) mass is 340 g/mol. The maximum absolute atomic E-state index is 12.4. The number of benzene rings is 1. The van der Waals surface area contributed by atoms with Gasteiger partial charge < -0.3 is 19.7 Å². The smallest absolute Gasteiger partial charge is 0.321 e. The van der Waals surface area contributed by atoms with Crippen LogP contribution in [0.25, 0.3) is 0 Å². The third-order valence-electron chi connectivity index (χ3n) is 4.40. The Labute approximate surface area is 146 Å². The number of piperazine rings is 1. The lowest BCUT2D eigenvalue weighted by Crippen LogP contribution is -2.49. The van der Waals surface area contributed by atoms with Gasteiger partial charge in [0.2, 0.25) is 6.79 Å². The molecule has 2 aliphatic rings. The molecule has 7 heteroatoms. The summed E-state index contributed by atoms with van der Waals surface area (Å²) in [7, 11) is 0. The maximum atomic E-state index is 12.4. The predicted molar refractivity (Wildman–Crippen MR) is 92.7 cm³/mol. The summed E-state index contributed by atoms with van der Waals surface area (Å²) < 4.78 is 10.6. The van der Waals surface area contributed by atoms with Crippen molar-refractivity contribution in [3.63, 3.8) is 0 Å². The fraction of sp³-hybridized carbons (Fsp3) is 0.333. The first-order chi connectivity index (χ1) is 12.3. The average Bonchev–Trinajstić information content (AvgIpc) is 3.11. The third-order valence-corrected chi connectivity index (χ3v) is 4.40. The van der Waals surface area contributed by atoms with Gasteiger partial charge in [-0.2, -0.15) is 0 Å². The van der Waals surface area contributed by atoms with Crippen molar-refractivity contribution in [1.82, 2.24) is 14.8 Å². The number of anilines is 1. The molecule has 0 aliphatic carbocycles. The van der Waals surface area contributed by atoms with Crippen molar-refractivity contribution in [1.29, 1.82) is 0 Å². The Hall–Kier alpha value is -2.80. The van der Waals surface area contributed by atoms with E-state index in [2.05, 4.69) is 15.2 Å². The van der Waals surface area contributed by atoms with Crippen LogP contribution in [0.5, 0.6) is 11.5 Å². The molecule has 0 spiro atoms. The highest BCUT2D eigenvalue weighted by Crippen LogP contribution is 2.34. The topological polar surface area (TPSA) is 66.9 Å². The van der Waals surface area contributed by atoms with E-state index in [-0.39, 0.29) is 12.8 Å². The lowest BCUT2D eigenvalue weighted by atomic mass is 10.2. The normalized spacial score (nSPS) is 16.7. The first kappa shape index (κ1) is 15.7. The van der Waals surface area contributed by atoms with E-state index in [1.807, 2.05) is 41.4 Å². The van der Waals surface area contributed by atoms with Crippen LogP contribution in [-0.2, 0) is 6.54 Å². The molecular formula is C18H20N4O3. The van der Waals surface area contributed by atoms with Crippen LogP contribution >= 0.6 is 0 Å². The maximum Gasteiger partial charge on any atom is 0.321 e. The zero-order chi connectivity index (χ0) is 17.1. The molecule has 25 heavy (non-hydrogen) atoms. The highest BCUT2D eigenvalue weighted by Gasteiger charge is 2.22. The van der Waals surface area contributed by atoms with E-state index in [9.17, 15) is 4.79 Å². The standard InChI is InChI=1S/C18H20N4O3/c23-18(20-14-4-5-16-17(11-14)25-13-24-16)22-9-7-21(8-10-22)12-15-3-1-2-6-19-15/h1-6,11H,7-10,12-13H2,(H,20,23). The fourth-order valence-corrected chi connectivity index (χ4v) is 3.01. The minimum Gasteiger partial charge on any atom is -0.454 e. The summed E-state index contributed by atoms with van der Waals surface area (Å²) in [4.78, 5) is 20.9. The van der Waals surface area contributed by atoms with E-state index in [0.717, 1.165) is 25.3 Å². The molecule has 1 aromatic heterocycles. The number of pyridine rings is 1. The molecular weight excluding hydrogens is 320 g/mol. The molecule has 1 saturated heterocycles. The van der Waals surface area contributed by atoms with Crippen LogP contribution in [0.15, 0.2) is 42.6 Å². The van der Waals surface area contributed by atoms with Crippen molar-refractivity contribution in [2.24, 2.45) is 0 Å². The Morgan fingerprint density at radius 1 is 1.08 bits per heavy atom. The van der Waals surface area contributed by atoms with Crippen LogP contribution < -0.4 is 14.8 Å². The zero-order valence-electron chi connectivity index (χ0n) is 13.9. The molecule has 4 rings (SSSR count). The number of ether oxygens (including phenoxy) is 2. The lowest BCUT2D eigenvalue weighted by Gasteiger charge is -2.34. The molecule has 3 heterocycles. The van der Waals surface area contributed by atoms with Gasteiger partial charge in [-0.25, -0.2) is 4.79 Å². The molecule has 0 atom stereocenters. The number of carbonyl (C=O) groups excluding carboxylic acids is 1. The summed E-state index contributed by atoms with van der Waals surface area (Å²) in [6, 6.07) is 11.3. The van der Waals surface area contributed by atoms with Crippen molar-refractivity contribution in [2.75, 3.05) is 38.3 Å². The van der Waals surface area contributed by atoms with Gasteiger partial charge in [-0.15, -0.1) is 0 Å². The van der Waals surface area contributed by atoms with Crippen molar-refractivity contribution < 1.29 is 14.3 Å². The van der Waals surface area contributed by atoms with Gasteiger partial charge in [-0.1, -0.05) is 6.07 Å². The minimum atomic E-state index is -0.0867. The van der Waals surface area contributed by atoms with Gasteiger partial charge >= 0.3 is 6.03 Å². The Bertz CT molecular complexity index is 745. The number of carbonyl (C=O) groups is 1. The van der Waals surface area contributed by atoms with Crippen LogP contribution in [0.1, 0.15) is 5.69 Å². The van der Waals surface area contributed by atoms with Crippen LogP contribution in [0, 0.1) is 0 Å². The minimum absolute atomic E-state index is 0.0867. The van der Waals surface area contributed by atoms with Crippen molar-refractivity contribution in [2.45, 2.75) is 6.54 Å². The Morgan fingerprint density at radius 3 is 2.72 bits per heavy atom. The number of nitrogens with zero attached hydrogens (tertiary/aromatic N) is 3. The fourth-order valence-electron chi connectivity index (χ4n) is 3.01. The van der Waals surface area contributed by atoms with E-state index in [0.29, 0.717) is 30.3 Å². The van der Waals surface area contributed by atoms with E-state index in [1.165, 1.54) is 0 Å². The summed E-state index contributed by atoms with van der Waals surface area (Å²) in [5.41, 5.74) is 1.77. The first-order valence-electron chi connectivity index (χ1n) is 8.36. The molecule has 2 aliphatic heterocycles. The Balaban J connectivity index is 1.29. The quantitative estimate of drug-likeness (QED) is 0.927. The molecule has 0 saturated carbocycles. The largest absolute Gasteiger partial charge is 0.454 e. The second-order valence-electron chi connectivity index (χ2n) is 6.08. The van der Waals surface area contributed by atoms with E-state index in [1.54, 1.807) is 6.07 Å². The number of amides is 2. The van der Waals surface area contributed by atoms with E-state index >= 15 is 0 Å². The summed E-state index contributed by atoms with van der Waals surface area (Å²) >= 11 is 0. The molecule has 2 amide bonds. The van der Waals surface area contributed by atoms with E-state index in [4.69, 9.17) is 9.47 Å². The summed E-state index contributed by atoms with van der Waals surface area (Å²) in [5, 5.41) is 2.93. The summed E-state index contributed by atoms with van der Waals surface area (Å²) in [6.45, 7) is 4.12. The number of urea groups is 1. The summed E-state index contributed by atoms with van der Waals surface area (Å²) in [6.07, 6.45) is 1.81. The van der Waals surface area contributed by atoms with Crippen molar-refractivity contribution in [3.8, 4) is 11.5 Å². The molecule has 1 fully saturated rings. The number of hydrogen-bond acceptors (Lipinski definition) is 5. The molecule has 0 radical (unpaired) electrons. The van der Waals surface area contributed by atoms with Crippen LogP contribution in [0.3, 0.4) is 0 Å². The van der Waals surface area contributed by atoms with Gasteiger partial charge in [-0.3, -0.25) is 9.88 Å². The molecule has 0 bridgehead atoms. The molecule has 2 aromatic rings. The Kier molecular flexibility index (Phi) is 4.39. The zero-order valence-corrected chi connectivity index (χ0v) is 13.9. The number of fused-ring (bicyclic) bond motifs is 1. The van der Waals surface area contributed by atoms with Gasteiger partial charge in [0.25, 0.3) is 0 Å². The number of rotatable bonds is 3. The lowest BCUT2D eigenvalue weighted by molar-refractivity contribution is 0.142. The van der Waals surface area contributed by atoms with Gasteiger partial charge in [0, 0.05) is 50.7 Å². The van der Waals surface area contributed by atoms with Crippen molar-refractivity contribution >= 4 is 11.7 Å². The highest BCUT2D eigenvalue weighted by molar-refractivity contribution is 5.89. The molecule has 130 valence electrons. The Morgan fingerprint density at radius 2 is 1.92 bits per heavy atom. The molecule has 0 unspecified atom stereocenters. The predicted octanol–water partition coefficient (Wildman–Crippen LogP) is 2.16. The number of aromatic nitrogens is 1. The van der Waals surface area contributed by atoms with Gasteiger partial charge in [0.05, 0.1) is 5.69 Å². The highest BCUT2D eigenvalue weighted by atomic mass is 16.7. The first-order valence-corrected chi connectivity index (χ1v) is 8.36. The average molecular weight is 340 g/mol. The van der Waals surface area contributed by atoms with Gasteiger partial charge in [0.1, 0.15) is 0 Å². The SMILES string of the molecule is O=C(Nc1ccc2c(c1)OCO2)N1CCN(Cc2ccccn2)CC1. The third kappa shape index (κ3) is 3.66. The number of nitrogens with one attached hydrogen (secondary N) is 1. The van der Waals surface area contributed by atoms with Crippen molar-refractivity contribution in [3.05, 3.63) is 48.3 Å². The van der Waals surface area contributed by atoms with E-state index < -0.39 is 0 Å². The van der Waals surface area contributed by atoms with Crippen LogP contribution in [0.2, 0.25) is 0 Å².